The van der Waals surface area contributed by atoms with Gasteiger partial charge in [-0.1, -0.05) is 48.5 Å². The highest BCUT2D eigenvalue weighted by molar-refractivity contribution is 6.35. The molecule has 5 nitrogen and oxygen atoms in total. The van der Waals surface area contributed by atoms with E-state index in [4.69, 9.17) is 0 Å². The highest BCUT2D eigenvalue weighted by Gasteiger charge is 2.26. The Bertz CT molecular complexity index is 952. The lowest BCUT2D eigenvalue weighted by atomic mass is 9.97. The van der Waals surface area contributed by atoms with Crippen LogP contribution in [0.15, 0.2) is 59.7 Å². The van der Waals surface area contributed by atoms with Crippen LogP contribution < -0.4 is 10.7 Å². The van der Waals surface area contributed by atoms with Gasteiger partial charge in [0.2, 0.25) is 0 Å². The molecule has 4 rings (SSSR count). The van der Waals surface area contributed by atoms with Gasteiger partial charge in [0.15, 0.2) is 0 Å². The Hall–Kier alpha value is -3.21. The molecule has 0 unspecified atom stereocenters. The topological polar surface area (TPSA) is 70.6 Å². The van der Waals surface area contributed by atoms with E-state index in [2.05, 4.69) is 21.9 Å². The van der Waals surface area contributed by atoms with Crippen LogP contribution in [0, 0.1) is 0 Å². The van der Waals surface area contributed by atoms with Crippen molar-refractivity contribution in [2.45, 2.75) is 18.9 Å². The maximum Gasteiger partial charge on any atom is 0.329 e. The molecule has 2 N–H and O–H groups in total. The number of nitrogens with zero attached hydrogens (tertiary/aromatic N) is 1. The fourth-order valence-electron chi connectivity index (χ4n) is 2.87. The van der Waals surface area contributed by atoms with Gasteiger partial charge in [0.25, 0.3) is 0 Å². The monoisotopic (exact) mass is 331 g/mol. The molecular formula is C20H17N3O2. The Morgan fingerprint density at radius 1 is 0.920 bits per heavy atom. The summed E-state index contributed by atoms with van der Waals surface area (Å²) in [4.78, 5) is 23.5. The molecule has 25 heavy (non-hydrogen) atoms. The molecule has 3 aromatic carbocycles. The van der Waals surface area contributed by atoms with E-state index < -0.39 is 11.8 Å². The van der Waals surface area contributed by atoms with Gasteiger partial charge in [-0.15, -0.1) is 0 Å². The first-order valence-corrected chi connectivity index (χ1v) is 8.27. The number of hydrogen-bond acceptors (Lipinski definition) is 3. The first kappa shape index (κ1) is 15.3. The van der Waals surface area contributed by atoms with Gasteiger partial charge in [-0.25, -0.2) is 5.43 Å². The average Bonchev–Trinajstić information content (AvgIpc) is 3.45. The van der Waals surface area contributed by atoms with E-state index >= 15 is 0 Å². The molecule has 2 amide bonds. The largest absolute Gasteiger partial charge is 0.345 e. The molecule has 0 radical (unpaired) electrons. The van der Waals surface area contributed by atoms with Gasteiger partial charge >= 0.3 is 11.8 Å². The first-order valence-electron chi connectivity index (χ1n) is 8.27. The highest BCUT2D eigenvalue weighted by Crippen LogP contribution is 2.27. The molecule has 0 heterocycles. The minimum Gasteiger partial charge on any atom is -0.345 e. The van der Waals surface area contributed by atoms with Crippen LogP contribution in [0.3, 0.4) is 0 Å². The van der Waals surface area contributed by atoms with Crippen LogP contribution in [0.2, 0.25) is 0 Å². The van der Waals surface area contributed by atoms with Crippen LogP contribution in [-0.2, 0) is 9.59 Å². The van der Waals surface area contributed by atoms with Gasteiger partial charge in [-0.3, -0.25) is 9.59 Å². The predicted molar refractivity (Wildman–Crippen MR) is 98.4 cm³/mol. The van der Waals surface area contributed by atoms with Gasteiger partial charge in [0.1, 0.15) is 0 Å². The number of rotatable bonds is 3. The van der Waals surface area contributed by atoms with Crippen LogP contribution in [-0.4, -0.2) is 24.1 Å². The maximum absolute atomic E-state index is 11.8. The summed E-state index contributed by atoms with van der Waals surface area (Å²) in [5.41, 5.74) is 3.23. The molecule has 1 fully saturated rings. The fourth-order valence-corrected chi connectivity index (χ4v) is 2.87. The normalized spacial score (nSPS) is 14.1. The summed E-state index contributed by atoms with van der Waals surface area (Å²) in [7, 11) is 0. The molecule has 124 valence electrons. The Morgan fingerprint density at radius 3 is 2.12 bits per heavy atom. The van der Waals surface area contributed by atoms with Gasteiger partial charge < -0.3 is 5.32 Å². The summed E-state index contributed by atoms with van der Waals surface area (Å²) in [6.45, 7) is 0. The van der Waals surface area contributed by atoms with Crippen molar-refractivity contribution in [3.05, 3.63) is 60.2 Å². The number of hydrogen-bond donors (Lipinski definition) is 2. The number of nitrogens with one attached hydrogen (secondary N) is 2. The average molecular weight is 331 g/mol. The smallest absolute Gasteiger partial charge is 0.329 e. The van der Waals surface area contributed by atoms with Crippen molar-refractivity contribution in [1.82, 2.24) is 10.7 Å². The SMILES string of the molecule is O=C(N/N=C/c1c2ccccc2cc2ccccc12)C(=O)NC1CC1. The zero-order chi connectivity index (χ0) is 17.2. The number of hydrazone groups is 1. The minimum atomic E-state index is -0.743. The Balaban J connectivity index is 1.64. The highest BCUT2D eigenvalue weighted by atomic mass is 16.2. The summed E-state index contributed by atoms with van der Waals surface area (Å²) < 4.78 is 0. The zero-order valence-electron chi connectivity index (χ0n) is 13.5. The molecule has 3 aromatic rings. The third-order valence-electron chi connectivity index (χ3n) is 4.29. The van der Waals surface area contributed by atoms with Gasteiger partial charge in [-0.05, 0) is 40.5 Å². The van der Waals surface area contributed by atoms with Crippen molar-refractivity contribution in [2.24, 2.45) is 5.10 Å². The molecule has 0 aliphatic heterocycles. The van der Waals surface area contributed by atoms with E-state index in [-0.39, 0.29) is 6.04 Å². The summed E-state index contributed by atoms with van der Waals surface area (Å²) in [5.74, 6) is -1.38. The maximum atomic E-state index is 11.8. The fraction of sp³-hybridized carbons (Fsp3) is 0.150. The standard InChI is InChI=1S/C20H17N3O2/c24-19(22-15-9-10-15)20(25)23-21-12-18-16-7-3-1-5-13(16)11-14-6-2-4-8-17(14)18/h1-8,11-12,15H,9-10H2,(H,22,24)(H,23,25)/b21-12+. The van der Waals surface area contributed by atoms with E-state index in [1.165, 1.54) is 0 Å². The van der Waals surface area contributed by atoms with Crippen LogP contribution in [0.5, 0.6) is 0 Å². The summed E-state index contributed by atoms with van der Waals surface area (Å²) in [6.07, 6.45) is 3.47. The molecule has 0 atom stereocenters. The molecule has 0 saturated heterocycles. The van der Waals surface area contributed by atoms with Gasteiger partial charge in [-0.2, -0.15) is 5.10 Å². The van der Waals surface area contributed by atoms with Crippen molar-refractivity contribution < 1.29 is 9.59 Å². The lowest BCUT2D eigenvalue weighted by molar-refractivity contribution is -0.139. The summed E-state index contributed by atoms with van der Waals surface area (Å²) in [5, 5.41) is 10.9. The van der Waals surface area contributed by atoms with Gasteiger partial charge in [0.05, 0.1) is 6.21 Å². The van der Waals surface area contributed by atoms with Crippen LogP contribution >= 0.6 is 0 Å². The Kier molecular flexibility index (Phi) is 3.90. The van der Waals surface area contributed by atoms with Crippen LogP contribution in [0.4, 0.5) is 0 Å². The second kappa shape index (κ2) is 6.36. The molecule has 1 aliphatic carbocycles. The van der Waals surface area contributed by atoms with E-state index in [9.17, 15) is 9.59 Å². The second-order valence-electron chi connectivity index (χ2n) is 6.18. The third-order valence-corrected chi connectivity index (χ3v) is 4.29. The number of fused-ring (bicyclic) bond motifs is 2. The van der Waals surface area contributed by atoms with Crippen molar-refractivity contribution >= 4 is 39.6 Å². The van der Waals surface area contributed by atoms with Crippen LogP contribution in [0.1, 0.15) is 18.4 Å². The van der Waals surface area contributed by atoms with E-state index in [0.717, 1.165) is 39.9 Å². The number of carbonyl (C=O) groups excluding carboxylic acids is 2. The molecule has 5 heteroatoms. The first-order chi connectivity index (χ1) is 12.2. The lowest BCUT2D eigenvalue weighted by Crippen LogP contribution is -2.38. The molecule has 1 saturated carbocycles. The van der Waals surface area contributed by atoms with Crippen LogP contribution in [0.25, 0.3) is 21.5 Å². The van der Waals surface area contributed by atoms with E-state index in [1.54, 1.807) is 6.21 Å². The summed E-state index contributed by atoms with van der Waals surface area (Å²) >= 11 is 0. The molecule has 1 aliphatic rings. The number of benzene rings is 3. The number of amides is 2. The van der Waals surface area contributed by atoms with Crippen molar-refractivity contribution in [3.63, 3.8) is 0 Å². The quantitative estimate of drug-likeness (QED) is 0.335. The van der Waals surface area contributed by atoms with Gasteiger partial charge in [0, 0.05) is 11.6 Å². The molecular weight excluding hydrogens is 314 g/mol. The molecule has 0 bridgehead atoms. The Morgan fingerprint density at radius 2 is 1.52 bits per heavy atom. The van der Waals surface area contributed by atoms with Crippen molar-refractivity contribution in [1.29, 1.82) is 0 Å². The number of carbonyl (C=O) groups is 2. The van der Waals surface area contributed by atoms with Crippen molar-refractivity contribution in [3.8, 4) is 0 Å². The van der Waals surface area contributed by atoms with E-state index in [0.29, 0.717) is 0 Å². The van der Waals surface area contributed by atoms with E-state index in [1.807, 2.05) is 48.5 Å². The molecule has 0 aromatic heterocycles. The Labute approximate surface area is 144 Å². The lowest BCUT2D eigenvalue weighted by Gasteiger charge is -2.08. The predicted octanol–water partition coefficient (Wildman–Crippen LogP) is 2.72. The third kappa shape index (κ3) is 3.21. The zero-order valence-corrected chi connectivity index (χ0v) is 13.5. The van der Waals surface area contributed by atoms with Crippen molar-refractivity contribution in [2.75, 3.05) is 0 Å². The minimum absolute atomic E-state index is 0.143. The second-order valence-corrected chi connectivity index (χ2v) is 6.18. The summed E-state index contributed by atoms with van der Waals surface area (Å²) in [6, 6.07) is 18.3. The molecule has 0 spiro atoms.